The van der Waals surface area contributed by atoms with Gasteiger partial charge in [0, 0.05) is 11.6 Å². The van der Waals surface area contributed by atoms with Gasteiger partial charge in [0.1, 0.15) is 0 Å². The highest BCUT2D eigenvalue weighted by Crippen LogP contribution is 2.25. The Balaban J connectivity index is 0.000000677. The van der Waals surface area contributed by atoms with Crippen LogP contribution in [0, 0.1) is 0 Å². The lowest BCUT2D eigenvalue weighted by Gasteiger charge is -2.08. The van der Waals surface area contributed by atoms with E-state index in [0.29, 0.717) is 10.0 Å². The van der Waals surface area contributed by atoms with E-state index in [1.54, 1.807) is 6.07 Å². The Hall–Kier alpha value is -1.64. The van der Waals surface area contributed by atoms with Crippen molar-refractivity contribution in [3.63, 3.8) is 0 Å². The molecule has 112 valence electrons. The van der Waals surface area contributed by atoms with Crippen molar-refractivity contribution < 1.29 is 0 Å². The number of anilines is 1. The fourth-order valence-electron chi connectivity index (χ4n) is 1.79. The normalized spacial score (nSPS) is 9.43. The van der Waals surface area contributed by atoms with Crippen molar-refractivity contribution in [2.75, 3.05) is 11.9 Å². The summed E-state index contributed by atoms with van der Waals surface area (Å²) in [6, 6.07) is 16.0. The first kappa shape index (κ1) is 17.4. The number of nitrogens with two attached hydrogens (primary N) is 1. The van der Waals surface area contributed by atoms with Crippen molar-refractivity contribution in [2.45, 2.75) is 12.8 Å². The van der Waals surface area contributed by atoms with Gasteiger partial charge in [0.05, 0.1) is 10.7 Å². The van der Waals surface area contributed by atoms with Crippen LogP contribution in [-0.2, 0) is 6.42 Å². The highest BCUT2D eigenvalue weighted by Gasteiger charge is 2.00. The molecule has 2 nitrogen and oxygen atoms in total. The molecule has 0 saturated heterocycles. The minimum Gasteiger partial charge on any atom is -0.405 e. The third-order valence-corrected chi connectivity index (χ3v) is 3.28. The van der Waals surface area contributed by atoms with E-state index >= 15 is 0 Å². The van der Waals surface area contributed by atoms with Crippen LogP contribution in [0.2, 0.25) is 10.0 Å². The molecule has 0 aromatic heterocycles. The molecule has 0 bridgehead atoms. The second-order valence-electron chi connectivity index (χ2n) is 4.38. The molecule has 21 heavy (non-hydrogen) atoms. The first-order chi connectivity index (χ1) is 10.2. The maximum absolute atomic E-state index is 6.08. The van der Waals surface area contributed by atoms with Crippen LogP contribution in [0.5, 0.6) is 0 Å². The molecule has 0 unspecified atom stereocenters. The van der Waals surface area contributed by atoms with Crippen molar-refractivity contribution in [2.24, 2.45) is 5.73 Å². The van der Waals surface area contributed by atoms with E-state index < -0.39 is 0 Å². The fraction of sp³-hybridized carbons (Fsp3) is 0.176. The highest BCUT2D eigenvalue weighted by molar-refractivity contribution is 6.36. The molecule has 2 aromatic carbocycles. The predicted octanol–water partition coefficient (Wildman–Crippen LogP) is 5.13. The lowest BCUT2D eigenvalue weighted by atomic mass is 10.1. The average molecular weight is 323 g/mol. The summed E-state index contributed by atoms with van der Waals surface area (Å²) in [5, 5.41) is 4.65. The largest absolute Gasteiger partial charge is 0.405 e. The molecule has 0 radical (unpaired) electrons. The number of rotatable bonds is 5. The third-order valence-electron chi connectivity index (χ3n) is 2.73. The summed E-state index contributed by atoms with van der Waals surface area (Å²) in [5.74, 6) is 0. The van der Waals surface area contributed by atoms with Crippen molar-refractivity contribution >= 4 is 28.9 Å². The van der Waals surface area contributed by atoms with Crippen molar-refractivity contribution in [1.82, 2.24) is 0 Å². The van der Waals surface area contributed by atoms with E-state index in [0.717, 1.165) is 25.1 Å². The smallest absolute Gasteiger partial charge is 0.0652 e. The Bertz CT molecular complexity index is 542. The number of nitrogens with one attached hydrogen (secondary N) is 1. The molecule has 3 N–H and O–H groups in total. The molecular formula is C17H20Cl2N2. The summed E-state index contributed by atoms with van der Waals surface area (Å²) < 4.78 is 0. The van der Waals surface area contributed by atoms with Crippen molar-refractivity contribution in [3.05, 3.63) is 76.9 Å². The van der Waals surface area contributed by atoms with E-state index in [2.05, 4.69) is 41.9 Å². The van der Waals surface area contributed by atoms with E-state index in [9.17, 15) is 0 Å². The van der Waals surface area contributed by atoms with Gasteiger partial charge >= 0.3 is 0 Å². The summed E-state index contributed by atoms with van der Waals surface area (Å²) in [6.45, 7) is 4.04. The molecule has 4 heteroatoms. The molecule has 2 aromatic rings. The zero-order valence-electron chi connectivity index (χ0n) is 11.9. The Morgan fingerprint density at radius 2 is 1.76 bits per heavy atom. The monoisotopic (exact) mass is 322 g/mol. The van der Waals surface area contributed by atoms with Crippen LogP contribution in [0.4, 0.5) is 5.69 Å². The number of hydrogen-bond acceptors (Lipinski definition) is 2. The van der Waals surface area contributed by atoms with Gasteiger partial charge in [0.25, 0.3) is 0 Å². The number of benzene rings is 2. The predicted molar refractivity (Wildman–Crippen MR) is 94.1 cm³/mol. The summed E-state index contributed by atoms with van der Waals surface area (Å²) in [7, 11) is 0. The SMILES string of the molecule is C=CN.Clc1ccc(NCCCc2ccccc2)c(Cl)c1. The zero-order chi connectivity index (χ0) is 15.5. The summed E-state index contributed by atoms with van der Waals surface area (Å²) in [4.78, 5) is 0. The molecule has 0 amide bonds. The quantitative estimate of drug-likeness (QED) is 0.749. The molecule has 0 atom stereocenters. The summed E-state index contributed by atoms with van der Waals surface area (Å²) in [5.41, 5.74) is 6.91. The van der Waals surface area contributed by atoms with Gasteiger partial charge in [-0.3, -0.25) is 0 Å². The molecule has 0 aliphatic heterocycles. The van der Waals surface area contributed by atoms with Crippen LogP contribution >= 0.6 is 23.2 Å². The van der Waals surface area contributed by atoms with Crippen LogP contribution in [0.1, 0.15) is 12.0 Å². The maximum Gasteiger partial charge on any atom is 0.0652 e. The van der Waals surface area contributed by atoms with Crippen LogP contribution in [-0.4, -0.2) is 6.54 Å². The Kier molecular flexibility index (Phi) is 8.41. The second-order valence-corrected chi connectivity index (χ2v) is 5.22. The summed E-state index contributed by atoms with van der Waals surface area (Å²) in [6.07, 6.45) is 3.39. The standard InChI is InChI=1S/C15H15Cl2N.C2H5N/c16-13-8-9-15(14(17)11-13)18-10-4-7-12-5-2-1-3-6-12;1-2-3/h1-3,5-6,8-9,11,18H,4,7,10H2;2H,1,3H2. The minimum absolute atomic E-state index is 0.662. The van der Waals surface area contributed by atoms with E-state index in [4.69, 9.17) is 23.2 Å². The first-order valence-corrected chi connectivity index (χ1v) is 7.48. The first-order valence-electron chi connectivity index (χ1n) is 6.73. The minimum atomic E-state index is 0.662. The lowest BCUT2D eigenvalue weighted by molar-refractivity contribution is 0.863. The number of aryl methyl sites for hydroxylation is 1. The maximum atomic E-state index is 6.08. The molecule has 2 rings (SSSR count). The molecule has 0 spiro atoms. The van der Waals surface area contributed by atoms with Crippen LogP contribution in [0.15, 0.2) is 61.3 Å². The Morgan fingerprint density at radius 3 is 2.38 bits per heavy atom. The van der Waals surface area contributed by atoms with Crippen molar-refractivity contribution in [1.29, 1.82) is 0 Å². The molecule has 0 fully saturated rings. The Morgan fingerprint density at radius 1 is 1.10 bits per heavy atom. The fourth-order valence-corrected chi connectivity index (χ4v) is 2.27. The van der Waals surface area contributed by atoms with Crippen molar-refractivity contribution in [3.8, 4) is 0 Å². The number of halogens is 2. The van der Waals surface area contributed by atoms with Gasteiger partial charge in [-0.2, -0.15) is 0 Å². The number of hydrogen-bond donors (Lipinski definition) is 2. The molecule has 0 heterocycles. The van der Waals surface area contributed by atoms with Crippen LogP contribution in [0.25, 0.3) is 0 Å². The molecular weight excluding hydrogens is 303 g/mol. The lowest BCUT2D eigenvalue weighted by Crippen LogP contribution is -2.03. The molecule has 0 aliphatic rings. The van der Waals surface area contributed by atoms with Crippen LogP contribution < -0.4 is 11.1 Å². The van der Waals surface area contributed by atoms with Gasteiger partial charge in [-0.1, -0.05) is 60.1 Å². The molecule has 0 aliphatic carbocycles. The third kappa shape index (κ3) is 7.07. The zero-order valence-corrected chi connectivity index (χ0v) is 13.4. The van der Waals surface area contributed by atoms with E-state index in [1.807, 2.05) is 18.2 Å². The van der Waals surface area contributed by atoms with Gasteiger partial charge in [0.2, 0.25) is 0 Å². The van der Waals surface area contributed by atoms with Gasteiger partial charge in [-0.25, -0.2) is 0 Å². The van der Waals surface area contributed by atoms with Gasteiger partial charge < -0.3 is 11.1 Å². The Labute approximate surface area is 136 Å². The second kappa shape index (κ2) is 10.1. The van der Waals surface area contributed by atoms with E-state index in [1.165, 1.54) is 11.8 Å². The van der Waals surface area contributed by atoms with E-state index in [-0.39, 0.29) is 0 Å². The van der Waals surface area contributed by atoms with Gasteiger partial charge in [-0.15, -0.1) is 0 Å². The van der Waals surface area contributed by atoms with Gasteiger partial charge in [-0.05, 0) is 42.8 Å². The van der Waals surface area contributed by atoms with Crippen LogP contribution in [0.3, 0.4) is 0 Å². The van der Waals surface area contributed by atoms with Gasteiger partial charge in [0.15, 0.2) is 0 Å². The topological polar surface area (TPSA) is 38.0 Å². The summed E-state index contributed by atoms with van der Waals surface area (Å²) >= 11 is 11.9. The highest BCUT2D eigenvalue weighted by atomic mass is 35.5. The molecule has 0 saturated carbocycles. The average Bonchev–Trinajstić information content (AvgIpc) is 2.47.